The van der Waals surface area contributed by atoms with E-state index in [1.807, 2.05) is 13.0 Å². The zero-order chi connectivity index (χ0) is 13.8. The minimum absolute atomic E-state index is 0.0930. The summed E-state index contributed by atoms with van der Waals surface area (Å²) in [4.78, 5) is 11.5. The predicted molar refractivity (Wildman–Crippen MR) is 73.0 cm³/mol. The third kappa shape index (κ3) is 1.75. The van der Waals surface area contributed by atoms with Gasteiger partial charge in [0.2, 0.25) is 0 Å². The van der Waals surface area contributed by atoms with E-state index in [1.165, 1.54) is 0 Å². The maximum absolute atomic E-state index is 11.5. The number of methoxy groups -OCH3 is 1. The van der Waals surface area contributed by atoms with Gasteiger partial charge in [-0.2, -0.15) is 0 Å². The van der Waals surface area contributed by atoms with Gasteiger partial charge >= 0.3 is 5.97 Å². The summed E-state index contributed by atoms with van der Waals surface area (Å²) >= 11 is 3.57. The lowest BCUT2D eigenvalue weighted by atomic mass is 9.93. The quantitative estimate of drug-likeness (QED) is 0.927. The Morgan fingerprint density at radius 2 is 2.26 bits per heavy atom. The Morgan fingerprint density at radius 3 is 2.79 bits per heavy atom. The van der Waals surface area contributed by atoms with Gasteiger partial charge in [0.15, 0.2) is 11.5 Å². The summed E-state index contributed by atoms with van der Waals surface area (Å²) in [6, 6.07) is 1.81. The largest absolute Gasteiger partial charge is 0.493 e. The van der Waals surface area contributed by atoms with Crippen LogP contribution in [-0.4, -0.2) is 24.3 Å². The van der Waals surface area contributed by atoms with Crippen molar-refractivity contribution in [3.05, 3.63) is 21.7 Å². The number of carboxylic acid groups (broad SMARTS) is 1. The van der Waals surface area contributed by atoms with Crippen LogP contribution in [0.15, 0.2) is 10.5 Å². The van der Waals surface area contributed by atoms with Gasteiger partial charge in [0.05, 0.1) is 12.5 Å². The number of aliphatic carboxylic acids is 1. The maximum Gasteiger partial charge on any atom is 0.314 e. The highest BCUT2D eigenvalue weighted by molar-refractivity contribution is 9.10. The SMILES string of the molecule is COc1cc(C2(C(=O)O)CC2)c(Br)c2c1OC(C)C2. The molecule has 1 saturated carbocycles. The van der Waals surface area contributed by atoms with Crippen LogP contribution in [0, 0.1) is 0 Å². The highest BCUT2D eigenvalue weighted by Crippen LogP contribution is 2.55. The maximum atomic E-state index is 11.5. The predicted octanol–water partition coefficient (Wildman–Crippen LogP) is 2.90. The van der Waals surface area contributed by atoms with Crippen LogP contribution in [0.1, 0.15) is 30.9 Å². The molecule has 2 aliphatic rings. The minimum Gasteiger partial charge on any atom is -0.493 e. The van der Waals surface area contributed by atoms with E-state index in [0.29, 0.717) is 18.6 Å². The topological polar surface area (TPSA) is 55.8 Å². The average molecular weight is 327 g/mol. The molecule has 1 aromatic carbocycles. The summed E-state index contributed by atoms with van der Waals surface area (Å²) in [6.07, 6.45) is 2.23. The van der Waals surface area contributed by atoms with Crippen molar-refractivity contribution in [3.8, 4) is 11.5 Å². The molecule has 0 radical (unpaired) electrons. The number of benzene rings is 1. The Labute approximate surface area is 119 Å². The van der Waals surface area contributed by atoms with Crippen molar-refractivity contribution in [1.82, 2.24) is 0 Å². The molecule has 1 unspecified atom stereocenters. The second-order valence-corrected chi connectivity index (χ2v) is 6.06. The molecule has 1 aromatic rings. The second-order valence-electron chi connectivity index (χ2n) is 5.27. The molecule has 0 amide bonds. The number of carbonyl (C=O) groups is 1. The molecular formula is C14H15BrO4. The van der Waals surface area contributed by atoms with Crippen molar-refractivity contribution >= 4 is 21.9 Å². The first-order valence-corrected chi connectivity index (χ1v) is 7.09. The van der Waals surface area contributed by atoms with Crippen molar-refractivity contribution in [1.29, 1.82) is 0 Å². The first-order valence-electron chi connectivity index (χ1n) is 6.29. The van der Waals surface area contributed by atoms with Crippen LogP contribution < -0.4 is 9.47 Å². The van der Waals surface area contributed by atoms with Crippen molar-refractivity contribution in [3.63, 3.8) is 0 Å². The molecule has 1 aliphatic heterocycles. The lowest BCUT2D eigenvalue weighted by Gasteiger charge is -2.17. The van der Waals surface area contributed by atoms with Crippen LogP contribution in [0.3, 0.4) is 0 Å². The first-order chi connectivity index (χ1) is 8.99. The highest BCUT2D eigenvalue weighted by atomic mass is 79.9. The minimum atomic E-state index is -0.762. The molecule has 1 heterocycles. The van der Waals surface area contributed by atoms with Crippen LogP contribution >= 0.6 is 15.9 Å². The molecule has 1 fully saturated rings. The lowest BCUT2D eigenvalue weighted by Crippen LogP contribution is -2.20. The number of ether oxygens (including phenoxy) is 2. The van der Waals surface area contributed by atoms with Crippen LogP contribution in [0.4, 0.5) is 0 Å². The van der Waals surface area contributed by atoms with Crippen LogP contribution in [-0.2, 0) is 16.6 Å². The molecule has 1 N–H and O–H groups in total. The molecule has 0 aromatic heterocycles. The van der Waals surface area contributed by atoms with Gasteiger partial charge in [-0.05, 0) is 31.4 Å². The van der Waals surface area contributed by atoms with Gasteiger partial charge in [-0.1, -0.05) is 15.9 Å². The highest BCUT2D eigenvalue weighted by Gasteiger charge is 2.53. The Hall–Kier alpha value is -1.23. The average Bonchev–Trinajstić information content (AvgIpc) is 3.07. The van der Waals surface area contributed by atoms with E-state index < -0.39 is 11.4 Å². The van der Waals surface area contributed by atoms with Crippen molar-refractivity contribution in [2.75, 3.05) is 7.11 Å². The monoisotopic (exact) mass is 326 g/mol. The van der Waals surface area contributed by atoms with Crippen molar-refractivity contribution in [2.45, 2.75) is 37.7 Å². The van der Waals surface area contributed by atoms with Crippen LogP contribution in [0.25, 0.3) is 0 Å². The van der Waals surface area contributed by atoms with Gasteiger partial charge in [-0.25, -0.2) is 0 Å². The molecule has 5 heteroatoms. The van der Waals surface area contributed by atoms with Gasteiger partial charge in [0.25, 0.3) is 0 Å². The Bertz CT molecular complexity index is 563. The summed E-state index contributed by atoms with van der Waals surface area (Å²) < 4.78 is 12.0. The fourth-order valence-electron chi connectivity index (χ4n) is 2.74. The fraction of sp³-hybridized carbons (Fsp3) is 0.500. The molecule has 19 heavy (non-hydrogen) atoms. The molecule has 1 atom stereocenters. The number of carboxylic acids is 1. The number of hydrogen-bond donors (Lipinski definition) is 1. The van der Waals surface area contributed by atoms with E-state index in [1.54, 1.807) is 7.11 Å². The normalized spacial score (nSPS) is 22.6. The smallest absolute Gasteiger partial charge is 0.314 e. The summed E-state index contributed by atoms with van der Waals surface area (Å²) in [5, 5.41) is 9.45. The third-order valence-corrected chi connectivity index (χ3v) is 4.89. The standard InChI is InChI=1S/C14H15BrO4/c1-7-5-8-11(15)9(14(3-4-14)13(16)17)6-10(18-2)12(8)19-7/h6-7H,3-5H2,1-2H3,(H,16,17). The molecule has 0 spiro atoms. The van der Waals surface area contributed by atoms with E-state index in [4.69, 9.17) is 9.47 Å². The van der Waals surface area contributed by atoms with E-state index in [2.05, 4.69) is 15.9 Å². The molecule has 0 saturated heterocycles. The zero-order valence-corrected chi connectivity index (χ0v) is 12.4. The van der Waals surface area contributed by atoms with E-state index in [9.17, 15) is 9.90 Å². The van der Waals surface area contributed by atoms with Crippen molar-refractivity contribution in [2.24, 2.45) is 0 Å². The van der Waals surface area contributed by atoms with Gasteiger partial charge in [-0.15, -0.1) is 0 Å². The fourth-order valence-corrected chi connectivity index (χ4v) is 3.57. The van der Waals surface area contributed by atoms with Crippen molar-refractivity contribution < 1.29 is 19.4 Å². The van der Waals surface area contributed by atoms with Gasteiger partial charge in [0, 0.05) is 16.5 Å². The molecule has 1 aliphatic carbocycles. The van der Waals surface area contributed by atoms with E-state index >= 15 is 0 Å². The summed E-state index contributed by atoms with van der Waals surface area (Å²) in [7, 11) is 1.58. The molecular weight excluding hydrogens is 312 g/mol. The molecule has 0 bridgehead atoms. The summed E-state index contributed by atoms with van der Waals surface area (Å²) in [5.74, 6) is 0.610. The first kappa shape index (κ1) is 12.8. The molecule has 3 rings (SSSR count). The van der Waals surface area contributed by atoms with Crippen LogP contribution in [0.2, 0.25) is 0 Å². The van der Waals surface area contributed by atoms with E-state index in [0.717, 1.165) is 27.8 Å². The Balaban J connectivity index is 2.18. The number of hydrogen-bond acceptors (Lipinski definition) is 3. The number of fused-ring (bicyclic) bond motifs is 1. The van der Waals surface area contributed by atoms with Gasteiger partial charge in [-0.3, -0.25) is 4.79 Å². The summed E-state index contributed by atoms with van der Waals surface area (Å²) in [6.45, 7) is 2.00. The Morgan fingerprint density at radius 1 is 1.58 bits per heavy atom. The second kappa shape index (κ2) is 4.13. The van der Waals surface area contributed by atoms with Gasteiger partial charge in [0.1, 0.15) is 6.10 Å². The third-order valence-electron chi connectivity index (χ3n) is 3.98. The molecule has 4 nitrogen and oxygen atoms in total. The summed E-state index contributed by atoms with van der Waals surface area (Å²) in [5.41, 5.74) is 1.09. The van der Waals surface area contributed by atoms with Gasteiger partial charge < -0.3 is 14.6 Å². The molecule has 102 valence electrons. The Kier molecular flexibility index (Phi) is 2.78. The lowest BCUT2D eigenvalue weighted by molar-refractivity contribution is -0.140. The number of rotatable bonds is 3. The van der Waals surface area contributed by atoms with Crippen LogP contribution in [0.5, 0.6) is 11.5 Å². The van der Waals surface area contributed by atoms with E-state index in [-0.39, 0.29) is 6.10 Å². The number of halogens is 1. The zero-order valence-electron chi connectivity index (χ0n) is 10.8.